The predicted molar refractivity (Wildman–Crippen MR) is 125 cm³/mol. The lowest BCUT2D eigenvalue weighted by Crippen LogP contribution is -2.29. The summed E-state index contributed by atoms with van der Waals surface area (Å²) in [5, 5.41) is 13.0. The molecule has 0 saturated carbocycles. The molecular formula is C24H16N4O5S. The van der Waals surface area contributed by atoms with Crippen molar-refractivity contribution in [3.8, 4) is 0 Å². The normalized spacial score (nSPS) is 12.7. The molecule has 10 heteroatoms. The molecule has 0 radical (unpaired) electrons. The number of hydrogen-bond donors (Lipinski definition) is 1. The molecule has 0 aliphatic carbocycles. The van der Waals surface area contributed by atoms with Crippen molar-refractivity contribution in [2.45, 2.75) is 6.92 Å². The van der Waals surface area contributed by atoms with E-state index in [4.69, 9.17) is 4.74 Å². The molecule has 0 spiro atoms. The number of benzene rings is 3. The van der Waals surface area contributed by atoms with Crippen LogP contribution in [-0.4, -0.2) is 40.5 Å². The molecule has 0 saturated heterocycles. The first-order valence-corrected chi connectivity index (χ1v) is 11.0. The monoisotopic (exact) mass is 472 g/mol. The molecule has 4 aromatic rings. The smallest absolute Gasteiger partial charge is 0.338 e. The summed E-state index contributed by atoms with van der Waals surface area (Å²) in [4.78, 5) is 51.3. The summed E-state index contributed by atoms with van der Waals surface area (Å²) in [5.41, 5.74) is 0.872. The second-order valence-electron chi connectivity index (χ2n) is 7.46. The molecule has 5 rings (SSSR count). The number of anilines is 2. The fraction of sp³-hybridized carbons (Fsp3) is 0.0833. The van der Waals surface area contributed by atoms with Crippen LogP contribution in [0.25, 0.3) is 10.8 Å². The Bertz CT molecular complexity index is 1490. The van der Waals surface area contributed by atoms with Crippen molar-refractivity contribution < 1.29 is 23.9 Å². The van der Waals surface area contributed by atoms with Crippen molar-refractivity contribution in [1.82, 2.24) is 10.2 Å². The van der Waals surface area contributed by atoms with Gasteiger partial charge in [-0.1, -0.05) is 47.7 Å². The maximum atomic E-state index is 12.8. The van der Waals surface area contributed by atoms with Crippen LogP contribution in [0.4, 0.5) is 10.8 Å². The van der Waals surface area contributed by atoms with Gasteiger partial charge in [-0.05, 0) is 36.6 Å². The topological polar surface area (TPSA) is 119 Å². The van der Waals surface area contributed by atoms with E-state index in [1.165, 1.54) is 18.2 Å². The number of rotatable bonds is 5. The number of imide groups is 1. The summed E-state index contributed by atoms with van der Waals surface area (Å²) >= 11 is 1.11. The average Bonchev–Trinajstić information content (AvgIpc) is 3.37. The summed E-state index contributed by atoms with van der Waals surface area (Å²) < 4.78 is 5.13. The number of carbonyl (C=O) groups is 4. The fourth-order valence-electron chi connectivity index (χ4n) is 3.65. The summed E-state index contributed by atoms with van der Waals surface area (Å²) in [7, 11) is 0. The lowest BCUT2D eigenvalue weighted by atomic mass is 10.1. The number of carbonyl (C=O) groups excluding carboxylic acids is 4. The minimum atomic E-state index is -0.790. The van der Waals surface area contributed by atoms with Crippen molar-refractivity contribution in [3.05, 3.63) is 82.4 Å². The second kappa shape index (κ2) is 8.49. The van der Waals surface area contributed by atoms with Gasteiger partial charge in [-0.25, -0.2) is 9.69 Å². The van der Waals surface area contributed by atoms with Gasteiger partial charge in [0.15, 0.2) is 6.61 Å². The Hall–Kier alpha value is -4.44. The zero-order valence-electron chi connectivity index (χ0n) is 17.8. The highest BCUT2D eigenvalue weighted by atomic mass is 32.1. The van der Waals surface area contributed by atoms with Gasteiger partial charge >= 0.3 is 5.97 Å². The number of aryl methyl sites for hydroxylation is 1. The van der Waals surface area contributed by atoms with Gasteiger partial charge in [0.25, 0.3) is 17.7 Å². The van der Waals surface area contributed by atoms with Crippen molar-refractivity contribution in [2.75, 3.05) is 16.8 Å². The average molecular weight is 472 g/mol. The Balaban J connectivity index is 1.27. The summed E-state index contributed by atoms with van der Waals surface area (Å²) in [5.74, 6) is -2.43. The highest BCUT2D eigenvalue weighted by Gasteiger charge is 2.39. The van der Waals surface area contributed by atoms with E-state index in [-0.39, 0.29) is 21.8 Å². The minimum Gasteiger partial charge on any atom is -0.452 e. The highest BCUT2D eigenvalue weighted by Crippen LogP contribution is 2.31. The van der Waals surface area contributed by atoms with Crippen LogP contribution in [0.3, 0.4) is 0 Å². The zero-order valence-corrected chi connectivity index (χ0v) is 18.6. The van der Waals surface area contributed by atoms with Gasteiger partial charge in [-0.3, -0.25) is 14.4 Å². The molecule has 1 aromatic heterocycles. The summed E-state index contributed by atoms with van der Waals surface area (Å²) in [6.07, 6.45) is 0. The van der Waals surface area contributed by atoms with E-state index in [1.807, 2.05) is 36.4 Å². The second-order valence-corrected chi connectivity index (χ2v) is 8.62. The van der Waals surface area contributed by atoms with Crippen LogP contribution in [0, 0.1) is 6.92 Å². The van der Waals surface area contributed by atoms with E-state index < -0.39 is 30.3 Å². The molecular weight excluding hydrogens is 456 g/mol. The number of amides is 3. The van der Waals surface area contributed by atoms with Crippen LogP contribution in [-0.2, 0) is 9.53 Å². The Morgan fingerprint density at radius 1 is 0.971 bits per heavy atom. The van der Waals surface area contributed by atoms with Crippen LogP contribution in [0.1, 0.15) is 36.1 Å². The summed E-state index contributed by atoms with van der Waals surface area (Å²) in [6.45, 7) is 1.20. The van der Waals surface area contributed by atoms with E-state index in [9.17, 15) is 19.2 Å². The maximum absolute atomic E-state index is 12.8. The van der Waals surface area contributed by atoms with Crippen molar-refractivity contribution >= 4 is 56.6 Å². The highest BCUT2D eigenvalue weighted by molar-refractivity contribution is 7.15. The molecule has 1 aliphatic heterocycles. The Labute approximate surface area is 197 Å². The number of nitrogens with zero attached hydrogens (tertiary/aromatic N) is 3. The van der Waals surface area contributed by atoms with Crippen molar-refractivity contribution in [2.24, 2.45) is 0 Å². The number of hydrogen-bond acceptors (Lipinski definition) is 8. The quantitative estimate of drug-likeness (QED) is 0.348. The van der Waals surface area contributed by atoms with Gasteiger partial charge in [0.05, 0.1) is 16.7 Å². The van der Waals surface area contributed by atoms with E-state index >= 15 is 0 Å². The van der Waals surface area contributed by atoms with Crippen LogP contribution in [0.15, 0.2) is 60.7 Å². The SMILES string of the molecule is Cc1nnc(N2C(=O)c3ccc(C(=O)OCC(=O)Nc4cccc5ccccc45)cc3C2=O)s1. The first-order chi connectivity index (χ1) is 16.4. The molecule has 1 aliphatic rings. The molecule has 168 valence electrons. The molecule has 34 heavy (non-hydrogen) atoms. The molecule has 0 fully saturated rings. The number of ether oxygens (including phenoxy) is 1. The van der Waals surface area contributed by atoms with Gasteiger partial charge in [-0.15, -0.1) is 10.2 Å². The third-order valence-corrected chi connectivity index (χ3v) is 6.05. The van der Waals surface area contributed by atoms with Gasteiger partial charge < -0.3 is 10.1 Å². The standard InChI is InChI=1S/C24H16N4O5S/c1-13-26-27-24(34-13)28-21(30)17-10-9-15(11-18(17)22(28)31)23(32)33-12-20(29)25-19-8-4-6-14-5-2-3-7-16(14)19/h2-11H,12H2,1H3,(H,25,29). The maximum Gasteiger partial charge on any atom is 0.338 e. The third kappa shape index (κ3) is 3.80. The van der Waals surface area contributed by atoms with Crippen LogP contribution in [0.2, 0.25) is 0 Å². The van der Waals surface area contributed by atoms with E-state index in [2.05, 4.69) is 15.5 Å². The largest absolute Gasteiger partial charge is 0.452 e. The fourth-order valence-corrected chi connectivity index (χ4v) is 4.34. The van der Waals surface area contributed by atoms with Gasteiger partial charge in [-0.2, -0.15) is 0 Å². The minimum absolute atomic E-state index is 0.0492. The lowest BCUT2D eigenvalue weighted by Gasteiger charge is -2.09. The number of fused-ring (bicyclic) bond motifs is 2. The molecule has 3 amide bonds. The molecule has 2 heterocycles. The molecule has 1 N–H and O–H groups in total. The van der Waals surface area contributed by atoms with E-state index in [0.717, 1.165) is 27.0 Å². The Kier molecular flexibility index (Phi) is 5.34. The first-order valence-electron chi connectivity index (χ1n) is 10.2. The van der Waals surface area contributed by atoms with E-state index in [1.54, 1.807) is 13.0 Å². The molecule has 0 bridgehead atoms. The third-order valence-electron chi connectivity index (χ3n) is 5.23. The number of aromatic nitrogens is 2. The zero-order chi connectivity index (χ0) is 23.8. The molecule has 9 nitrogen and oxygen atoms in total. The van der Waals surface area contributed by atoms with Crippen molar-refractivity contribution in [3.63, 3.8) is 0 Å². The summed E-state index contributed by atoms with van der Waals surface area (Å²) in [6, 6.07) is 17.1. The number of nitrogens with one attached hydrogen (secondary N) is 1. The predicted octanol–water partition coefficient (Wildman–Crippen LogP) is 3.60. The Morgan fingerprint density at radius 2 is 1.74 bits per heavy atom. The van der Waals surface area contributed by atoms with Gasteiger partial charge in [0, 0.05) is 11.1 Å². The number of esters is 1. The lowest BCUT2D eigenvalue weighted by molar-refractivity contribution is -0.119. The van der Waals surface area contributed by atoms with Gasteiger partial charge in [0.2, 0.25) is 5.13 Å². The molecule has 0 unspecified atom stereocenters. The van der Waals surface area contributed by atoms with Crippen LogP contribution in [0.5, 0.6) is 0 Å². The van der Waals surface area contributed by atoms with Crippen molar-refractivity contribution in [1.29, 1.82) is 0 Å². The Morgan fingerprint density at radius 3 is 2.53 bits per heavy atom. The van der Waals surface area contributed by atoms with E-state index in [0.29, 0.717) is 10.7 Å². The van der Waals surface area contributed by atoms with Gasteiger partial charge in [0.1, 0.15) is 5.01 Å². The first kappa shape index (κ1) is 21.4. The van der Waals surface area contributed by atoms with Crippen LogP contribution >= 0.6 is 11.3 Å². The molecule has 0 atom stereocenters. The van der Waals surface area contributed by atoms with Crippen LogP contribution < -0.4 is 10.2 Å². The molecule has 3 aromatic carbocycles.